The average molecular weight is 208 g/mol. The van der Waals surface area contributed by atoms with E-state index in [9.17, 15) is 15.0 Å². The quantitative estimate of drug-likeness (QED) is 0.637. The van der Waals surface area contributed by atoms with Gasteiger partial charge in [-0.25, -0.2) is 4.98 Å². The molecule has 1 aliphatic heterocycles. The van der Waals surface area contributed by atoms with E-state index in [2.05, 4.69) is 4.98 Å². The lowest BCUT2D eigenvalue weighted by Crippen LogP contribution is -2.22. The summed E-state index contributed by atoms with van der Waals surface area (Å²) in [5.41, 5.74) is 0.513. The van der Waals surface area contributed by atoms with Crippen molar-refractivity contribution in [3.63, 3.8) is 0 Å². The number of aromatic nitrogens is 1. The Morgan fingerprint density at radius 2 is 2.00 bits per heavy atom. The third-order valence-electron chi connectivity index (χ3n) is 2.49. The zero-order valence-electron chi connectivity index (χ0n) is 8.08. The number of carbonyl (C=O) groups is 1. The molecule has 5 heteroatoms. The highest BCUT2D eigenvalue weighted by Crippen LogP contribution is 2.18. The molecule has 15 heavy (non-hydrogen) atoms. The standard InChI is InChI=1S/C10H12N2O3/c13-6-7-1-2-10(11-3-7)12-4-8(14)9(15)5-12/h1-3,6,8-9,14-15H,4-5H2/t8-,9+. The molecule has 0 bridgehead atoms. The highest BCUT2D eigenvalue weighted by molar-refractivity contribution is 5.74. The largest absolute Gasteiger partial charge is 0.389 e. The molecule has 5 nitrogen and oxygen atoms in total. The zero-order chi connectivity index (χ0) is 10.8. The van der Waals surface area contributed by atoms with Crippen molar-refractivity contribution >= 4 is 12.1 Å². The molecular formula is C10H12N2O3. The average Bonchev–Trinajstić information content (AvgIpc) is 2.59. The number of pyridine rings is 1. The van der Waals surface area contributed by atoms with Gasteiger partial charge in [0.2, 0.25) is 0 Å². The summed E-state index contributed by atoms with van der Waals surface area (Å²) in [6, 6.07) is 3.36. The smallest absolute Gasteiger partial charge is 0.151 e. The number of rotatable bonds is 2. The van der Waals surface area contributed by atoms with Gasteiger partial charge in [0, 0.05) is 24.8 Å². The fourth-order valence-corrected chi connectivity index (χ4v) is 1.61. The van der Waals surface area contributed by atoms with E-state index in [-0.39, 0.29) is 0 Å². The van der Waals surface area contributed by atoms with Crippen molar-refractivity contribution in [2.45, 2.75) is 12.2 Å². The Balaban J connectivity index is 2.13. The van der Waals surface area contributed by atoms with Gasteiger partial charge in [-0.15, -0.1) is 0 Å². The zero-order valence-corrected chi connectivity index (χ0v) is 8.08. The first-order valence-corrected chi connectivity index (χ1v) is 4.73. The number of hydrogen-bond donors (Lipinski definition) is 2. The van der Waals surface area contributed by atoms with E-state index in [1.807, 2.05) is 0 Å². The lowest BCUT2D eigenvalue weighted by atomic mass is 10.3. The summed E-state index contributed by atoms with van der Waals surface area (Å²) in [7, 11) is 0. The maximum atomic E-state index is 10.4. The van der Waals surface area contributed by atoms with E-state index in [0.29, 0.717) is 24.5 Å². The number of anilines is 1. The Hall–Kier alpha value is -1.46. The van der Waals surface area contributed by atoms with Crippen LogP contribution in [0.3, 0.4) is 0 Å². The highest BCUT2D eigenvalue weighted by Gasteiger charge is 2.30. The van der Waals surface area contributed by atoms with Crippen molar-refractivity contribution in [1.82, 2.24) is 4.98 Å². The van der Waals surface area contributed by atoms with Crippen LogP contribution in [0.25, 0.3) is 0 Å². The molecule has 2 N–H and O–H groups in total. The number of β-amino-alcohol motifs (C(OH)–C–C–N with tert-alkyl or cyclic N) is 2. The number of aldehydes is 1. The number of nitrogens with zero attached hydrogens (tertiary/aromatic N) is 2. The summed E-state index contributed by atoms with van der Waals surface area (Å²) in [5, 5.41) is 18.7. The molecule has 1 fully saturated rings. The monoisotopic (exact) mass is 208 g/mol. The third kappa shape index (κ3) is 1.98. The lowest BCUT2D eigenvalue weighted by Gasteiger charge is -2.15. The molecule has 2 atom stereocenters. The number of carbonyl (C=O) groups excluding carboxylic acids is 1. The van der Waals surface area contributed by atoms with Gasteiger partial charge in [-0.05, 0) is 12.1 Å². The number of aliphatic hydroxyl groups excluding tert-OH is 2. The molecule has 1 saturated heterocycles. The first kappa shape index (κ1) is 10.1. The van der Waals surface area contributed by atoms with Crippen molar-refractivity contribution < 1.29 is 15.0 Å². The topological polar surface area (TPSA) is 73.7 Å². The molecule has 0 saturated carbocycles. The van der Waals surface area contributed by atoms with E-state index in [1.54, 1.807) is 17.0 Å². The van der Waals surface area contributed by atoms with E-state index < -0.39 is 12.2 Å². The van der Waals surface area contributed by atoms with E-state index in [0.717, 1.165) is 6.29 Å². The summed E-state index contributed by atoms with van der Waals surface area (Å²) >= 11 is 0. The van der Waals surface area contributed by atoms with Crippen molar-refractivity contribution in [1.29, 1.82) is 0 Å². The molecule has 2 rings (SSSR count). The van der Waals surface area contributed by atoms with Crippen molar-refractivity contribution in [3.05, 3.63) is 23.9 Å². The SMILES string of the molecule is O=Cc1ccc(N2C[C@@H](O)[C@@H](O)C2)nc1. The molecule has 0 spiro atoms. The second-order valence-electron chi connectivity index (χ2n) is 3.61. The first-order valence-electron chi connectivity index (χ1n) is 4.73. The summed E-state index contributed by atoms with van der Waals surface area (Å²) in [5.74, 6) is 0.663. The fourth-order valence-electron chi connectivity index (χ4n) is 1.61. The Morgan fingerprint density at radius 3 is 2.47 bits per heavy atom. The predicted molar refractivity (Wildman–Crippen MR) is 53.9 cm³/mol. The van der Waals surface area contributed by atoms with Gasteiger partial charge in [0.15, 0.2) is 6.29 Å². The molecule has 1 aromatic heterocycles. The van der Waals surface area contributed by atoms with Gasteiger partial charge < -0.3 is 15.1 Å². The molecule has 1 aromatic rings. The van der Waals surface area contributed by atoms with Crippen LogP contribution < -0.4 is 4.90 Å². The second-order valence-corrected chi connectivity index (χ2v) is 3.61. The number of aliphatic hydroxyl groups is 2. The number of hydrogen-bond acceptors (Lipinski definition) is 5. The summed E-state index contributed by atoms with van der Waals surface area (Å²) in [4.78, 5) is 16.3. The van der Waals surface area contributed by atoms with Gasteiger partial charge in [-0.3, -0.25) is 4.79 Å². The molecular weight excluding hydrogens is 196 g/mol. The van der Waals surface area contributed by atoms with Gasteiger partial charge in [-0.1, -0.05) is 0 Å². The minimum Gasteiger partial charge on any atom is -0.389 e. The minimum atomic E-state index is -0.724. The fraction of sp³-hybridized carbons (Fsp3) is 0.400. The first-order chi connectivity index (χ1) is 7.20. The Kier molecular flexibility index (Phi) is 2.66. The summed E-state index contributed by atoms with van der Waals surface area (Å²) in [6.07, 6.45) is 0.749. The van der Waals surface area contributed by atoms with Crippen LogP contribution in [0.2, 0.25) is 0 Å². The highest BCUT2D eigenvalue weighted by atomic mass is 16.3. The molecule has 1 aliphatic rings. The second kappa shape index (κ2) is 3.96. The van der Waals surface area contributed by atoms with Crippen molar-refractivity contribution in [3.8, 4) is 0 Å². The predicted octanol–water partition coefficient (Wildman–Crippen LogP) is -0.564. The molecule has 0 amide bonds. The van der Waals surface area contributed by atoms with Gasteiger partial charge in [-0.2, -0.15) is 0 Å². The summed E-state index contributed by atoms with van der Waals surface area (Å²) < 4.78 is 0. The maximum absolute atomic E-state index is 10.4. The molecule has 0 aliphatic carbocycles. The molecule has 0 unspecified atom stereocenters. The van der Waals surface area contributed by atoms with Crippen LogP contribution in [0.15, 0.2) is 18.3 Å². The van der Waals surface area contributed by atoms with Crippen molar-refractivity contribution in [2.24, 2.45) is 0 Å². The molecule has 80 valence electrons. The van der Waals surface area contributed by atoms with Crippen LogP contribution in [0.1, 0.15) is 10.4 Å². The van der Waals surface area contributed by atoms with Crippen LogP contribution >= 0.6 is 0 Å². The molecule has 0 radical (unpaired) electrons. The van der Waals surface area contributed by atoms with Crippen LogP contribution in [0.4, 0.5) is 5.82 Å². The molecule has 2 heterocycles. The van der Waals surface area contributed by atoms with Gasteiger partial charge in [0.05, 0.1) is 12.2 Å². The van der Waals surface area contributed by atoms with Crippen LogP contribution in [-0.2, 0) is 0 Å². The Bertz CT molecular complexity index is 342. The van der Waals surface area contributed by atoms with E-state index in [4.69, 9.17) is 0 Å². The summed E-state index contributed by atoms with van der Waals surface area (Å²) in [6.45, 7) is 0.739. The van der Waals surface area contributed by atoms with Gasteiger partial charge >= 0.3 is 0 Å². The Morgan fingerprint density at radius 1 is 1.33 bits per heavy atom. The van der Waals surface area contributed by atoms with Crippen LogP contribution in [0.5, 0.6) is 0 Å². The Labute approximate surface area is 87.0 Å². The molecule has 0 aromatic carbocycles. The van der Waals surface area contributed by atoms with Gasteiger partial charge in [0.1, 0.15) is 5.82 Å². The van der Waals surface area contributed by atoms with Crippen molar-refractivity contribution in [2.75, 3.05) is 18.0 Å². The normalized spacial score (nSPS) is 25.6. The van der Waals surface area contributed by atoms with Crippen LogP contribution in [0, 0.1) is 0 Å². The maximum Gasteiger partial charge on any atom is 0.151 e. The third-order valence-corrected chi connectivity index (χ3v) is 2.49. The van der Waals surface area contributed by atoms with E-state index >= 15 is 0 Å². The van der Waals surface area contributed by atoms with Crippen LogP contribution in [-0.4, -0.2) is 46.8 Å². The van der Waals surface area contributed by atoms with E-state index in [1.165, 1.54) is 6.20 Å². The minimum absolute atomic E-state index is 0.370. The lowest BCUT2D eigenvalue weighted by molar-refractivity contribution is 0.0572. The van der Waals surface area contributed by atoms with Gasteiger partial charge in [0.25, 0.3) is 0 Å².